The number of hydrogen-bond donors (Lipinski definition) is 0. The maximum atomic E-state index is 12.9. The van der Waals surface area contributed by atoms with E-state index in [1.165, 1.54) is 13.2 Å². The number of halogens is 1. The molecule has 0 aliphatic rings. The molecule has 0 aliphatic heterocycles. The summed E-state index contributed by atoms with van der Waals surface area (Å²) in [5, 5.41) is 0. The van der Waals surface area contributed by atoms with Gasteiger partial charge in [0, 0.05) is 0 Å². The molecule has 0 radical (unpaired) electrons. The lowest BCUT2D eigenvalue weighted by molar-refractivity contribution is -0.135. The molecule has 0 saturated carbocycles. The van der Waals surface area contributed by atoms with E-state index in [0.717, 1.165) is 19.2 Å². The van der Waals surface area contributed by atoms with Gasteiger partial charge in [-0.1, -0.05) is 0 Å². The molecule has 4 nitrogen and oxygen atoms in total. The molecule has 0 aliphatic carbocycles. The summed E-state index contributed by atoms with van der Waals surface area (Å²) >= 11 is 0. The number of benzene rings is 1. The quantitative estimate of drug-likeness (QED) is 0.429. The highest BCUT2D eigenvalue weighted by Crippen LogP contribution is 2.20. The van der Waals surface area contributed by atoms with Gasteiger partial charge in [-0.2, -0.15) is 0 Å². The van der Waals surface area contributed by atoms with Crippen LogP contribution in [0.5, 0.6) is 5.75 Å². The van der Waals surface area contributed by atoms with Gasteiger partial charge in [0.1, 0.15) is 11.6 Å². The van der Waals surface area contributed by atoms with Crippen molar-refractivity contribution in [3.8, 4) is 5.75 Å². The van der Waals surface area contributed by atoms with Gasteiger partial charge in [-0.15, -0.1) is 0 Å². The number of rotatable bonds is 3. The molecule has 1 rings (SSSR count). The van der Waals surface area contributed by atoms with E-state index in [1.54, 1.807) is 0 Å². The smallest absolute Gasteiger partial charge is 0.379 e. The number of carbonyl (C=O) groups is 2. The van der Waals surface area contributed by atoms with Crippen LogP contribution >= 0.6 is 0 Å². The van der Waals surface area contributed by atoms with E-state index in [1.807, 2.05) is 0 Å². The zero-order valence-electron chi connectivity index (χ0n) is 8.24. The number of carbonyl (C=O) groups excluding carboxylic acids is 2. The van der Waals surface area contributed by atoms with Crippen LogP contribution in [0, 0.1) is 5.82 Å². The Bertz CT molecular complexity index is 400. The molecule has 15 heavy (non-hydrogen) atoms. The predicted octanol–water partition coefficient (Wildman–Crippen LogP) is 1.19. The van der Waals surface area contributed by atoms with Crippen LogP contribution < -0.4 is 4.74 Å². The minimum atomic E-state index is -1.06. The van der Waals surface area contributed by atoms with E-state index in [0.29, 0.717) is 0 Å². The van der Waals surface area contributed by atoms with Crippen molar-refractivity contribution >= 4 is 11.8 Å². The number of Topliss-reactive ketones (excluding diaryl/α,β-unsaturated/α-hetero) is 1. The van der Waals surface area contributed by atoms with Crippen LogP contribution in [0.4, 0.5) is 4.39 Å². The maximum absolute atomic E-state index is 12.9. The first-order chi connectivity index (χ1) is 7.10. The summed E-state index contributed by atoms with van der Waals surface area (Å²) in [7, 11) is 2.40. The minimum absolute atomic E-state index is 0.131. The lowest BCUT2D eigenvalue weighted by atomic mass is 10.1. The van der Waals surface area contributed by atoms with Gasteiger partial charge in [-0.05, 0) is 18.2 Å². The Morgan fingerprint density at radius 1 is 1.27 bits per heavy atom. The molecule has 0 bridgehead atoms. The van der Waals surface area contributed by atoms with Crippen LogP contribution in [0.2, 0.25) is 0 Å². The van der Waals surface area contributed by atoms with Crippen LogP contribution in [0.3, 0.4) is 0 Å². The lowest BCUT2D eigenvalue weighted by Gasteiger charge is -2.05. The minimum Gasteiger partial charge on any atom is -0.496 e. The first-order valence-corrected chi connectivity index (χ1v) is 4.06. The zero-order valence-corrected chi connectivity index (χ0v) is 8.24. The summed E-state index contributed by atoms with van der Waals surface area (Å²) in [6, 6.07) is 3.33. The molecule has 0 saturated heterocycles. The fourth-order valence-electron chi connectivity index (χ4n) is 1.06. The fourth-order valence-corrected chi connectivity index (χ4v) is 1.06. The first-order valence-electron chi connectivity index (χ1n) is 4.06. The highest BCUT2D eigenvalue weighted by molar-refractivity contribution is 6.41. The maximum Gasteiger partial charge on any atom is 0.379 e. The molecule has 0 unspecified atom stereocenters. The van der Waals surface area contributed by atoms with Crippen molar-refractivity contribution in [2.75, 3.05) is 14.2 Å². The molecular weight excluding hydrogens is 203 g/mol. The average molecular weight is 212 g/mol. The Hall–Kier alpha value is -1.91. The molecule has 0 aromatic heterocycles. The fraction of sp³-hybridized carbons (Fsp3) is 0.200. The van der Waals surface area contributed by atoms with Gasteiger partial charge in [0.2, 0.25) is 0 Å². The van der Waals surface area contributed by atoms with E-state index in [2.05, 4.69) is 4.74 Å². The van der Waals surface area contributed by atoms with E-state index < -0.39 is 17.6 Å². The number of ether oxygens (including phenoxy) is 2. The van der Waals surface area contributed by atoms with Gasteiger partial charge >= 0.3 is 5.97 Å². The molecular formula is C10H9FO4. The number of hydrogen-bond acceptors (Lipinski definition) is 4. The Labute approximate surface area is 85.6 Å². The van der Waals surface area contributed by atoms with Gasteiger partial charge in [0.25, 0.3) is 5.78 Å². The summed E-state index contributed by atoms with van der Waals surface area (Å²) in [6.45, 7) is 0. The van der Waals surface area contributed by atoms with Crippen molar-refractivity contribution in [3.05, 3.63) is 29.6 Å². The summed E-state index contributed by atoms with van der Waals surface area (Å²) in [5.74, 6) is -2.48. The van der Waals surface area contributed by atoms with E-state index >= 15 is 0 Å². The molecule has 0 heterocycles. The molecule has 0 atom stereocenters. The van der Waals surface area contributed by atoms with Crippen molar-refractivity contribution in [2.45, 2.75) is 0 Å². The first kappa shape index (κ1) is 11.2. The largest absolute Gasteiger partial charge is 0.496 e. The molecule has 0 fully saturated rings. The molecule has 1 aromatic rings. The SMILES string of the molecule is COC(=O)C(=O)c1cc(F)ccc1OC. The standard InChI is InChI=1S/C10H9FO4/c1-14-8-4-3-6(11)5-7(8)9(12)10(13)15-2/h3-5H,1-2H3. The van der Waals surface area contributed by atoms with Crippen molar-refractivity contribution < 1.29 is 23.5 Å². The van der Waals surface area contributed by atoms with Crippen LogP contribution in [0.15, 0.2) is 18.2 Å². The Morgan fingerprint density at radius 2 is 1.93 bits per heavy atom. The second kappa shape index (κ2) is 4.54. The topological polar surface area (TPSA) is 52.6 Å². The van der Waals surface area contributed by atoms with Crippen molar-refractivity contribution in [1.82, 2.24) is 0 Å². The summed E-state index contributed by atoms with van der Waals surface area (Å²) < 4.78 is 21.9. The number of esters is 1. The Balaban J connectivity index is 3.17. The Morgan fingerprint density at radius 3 is 2.47 bits per heavy atom. The average Bonchev–Trinajstić information content (AvgIpc) is 2.27. The molecule has 0 spiro atoms. The highest BCUT2D eigenvalue weighted by atomic mass is 19.1. The molecule has 0 N–H and O–H groups in total. The Kier molecular flexibility index (Phi) is 3.38. The molecule has 80 valence electrons. The lowest BCUT2D eigenvalue weighted by Crippen LogP contribution is -2.16. The number of ketones is 1. The third-order valence-corrected chi connectivity index (χ3v) is 1.78. The molecule has 0 amide bonds. The van der Waals surface area contributed by atoms with E-state index in [9.17, 15) is 14.0 Å². The monoisotopic (exact) mass is 212 g/mol. The number of methoxy groups -OCH3 is 2. The van der Waals surface area contributed by atoms with Crippen LogP contribution in [-0.4, -0.2) is 26.0 Å². The normalized spacial score (nSPS) is 9.53. The third kappa shape index (κ3) is 2.31. The summed E-state index contributed by atoms with van der Waals surface area (Å²) in [6.07, 6.45) is 0. The second-order valence-electron chi connectivity index (χ2n) is 2.67. The van der Waals surface area contributed by atoms with Crippen LogP contribution in [0.1, 0.15) is 10.4 Å². The van der Waals surface area contributed by atoms with Gasteiger partial charge in [0.05, 0.1) is 19.8 Å². The van der Waals surface area contributed by atoms with E-state index in [4.69, 9.17) is 4.74 Å². The molecule has 5 heteroatoms. The van der Waals surface area contributed by atoms with Crippen molar-refractivity contribution in [3.63, 3.8) is 0 Å². The second-order valence-corrected chi connectivity index (χ2v) is 2.67. The highest BCUT2D eigenvalue weighted by Gasteiger charge is 2.21. The van der Waals surface area contributed by atoms with Crippen molar-refractivity contribution in [2.24, 2.45) is 0 Å². The van der Waals surface area contributed by atoms with Crippen LogP contribution in [0.25, 0.3) is 0 Å². The van der Waals surface area contributed by atoms with E-state index in [-0.39, 0.29) is 11.3 Å². The predicted molar refractivity (Wildman–Crippen MR) is 49.3 cm³/mol. The zero-order chi connectivity index (χ0) is 11.4. The van der Waals surface area contributed by atoms with Gasteiger partial charge < -0.3 is 9.47 Å². The third-order valence-electron chi connectivity index (χ3n) is 1.78. The van der Waals surface area contributed by atoms with Gasteiger partial charge in [-0.3, -0.25) is 4.79 Å². The van der Waals surface area contributed by atoms with Crippen LogP contribution in [-0.2, 0) is 9.53 Å². The van der Waals surface area contributed by atoms with Gasteiger partial charge in [-0.25, -0.2) is 9.18 Å². The molecule has 1 aromatic carbocycles. The summed E-state index contributed by atoms with van der Waals surface area (Å²) in [5.41, 5.74) is -0.149. The van der Waals surface area contributed by atoms with Crippen molar-refractivity contribution in [1.29, 1.82) is 0 Å². The van der Waals surface area contributed by atoms with Gasteiger partial charge in [0.15, 0.2) is 0 Å². The summed E-state index contributed by atoms with van der Waals surface area (Å²) in [4.78, 5) is 22.3.